The molecule has 2 unspecified atom stereocenters. The van der Waals surface area contributed by atoms with Gasteiger partial charge in [0.1, 0.15) is 12.4 Å². The molecule has 2 aromatic rings. The summed E-state index contributed by atoms with van der Waals surface area (Å²) in [6.45, 7) is 4.04. The number of hydrogen-bond donors (Lipinski definition) is 2. The monoisotopic (exact) mass is 342 g/mol. The quantitative estimate of drug-likeness (QED) is 0.821. The molecule has 0 aromatic heterocycles. The number of nitrogens with zero attached hydrogens (tertiary/aromatic N) is 1. The molecule has 1 aliphatic rings. The Kier molecular flexibility index (Phi) is 5.76. The molecular formula is C20H26N2O3. The summed E-state index contributed by atoms with van der Waals surface area (Å²) in [7, 11) is 0. The van der Waals surface area contributed by atoms with Crippen molar-refractivity contribution in [2.45, 2.75) is 25.9 Å². The van der Waals surface area contributed by atoms with Crippen LogP contribution >= 0.6 is 0 Å². The van der Waals surface area contributed by atoms with E-state index in [1.165, 1.54) is 0 Å². The first-order valence-electron chi connectivity index (χ1n) is 8.96. The number of piperidine rings is 1. The number of rotatable bonds is 5. The fourth-order valence-corrected chi connectivity index (χ4v) is 3.34. The van der Waals surface area contributed by atoms with E-state index in [2.05, 4.69) is 17.4 Å². The van der Waals surface area contributed by atoms with Gasteiger partial charge in [-0.05, 0) is 31.2 Å². The fraction of sp³-hybridized carbons (Fsp3) is 0.450. The standard InChI is InChI=1S/C20H26N2O3/c1-15(23)17-8-5-12-22(14-17)20(24)21-11-13-25-19-10-4-7-16-6-2-3-9-18(16)19/h2-4,6-7,9-10,15,17,23H,5,8,11-14H2,1H3,(H,21,24). The van der Waals surface area contributed by atoms with Crippen LogP contribution in [-0.4, -0.2) is 48.4 Å². The average Bonchev–Trinajstić information content (AvgIpc) is 2.65. The van der Waals surface area contributed by atoms with Crippen LogP contribution in [0.3, 0.4) is 0 Å². The van der Waals surface area contributed by atoms with Gasteiger partial charge in [-0.2, -0.15) is 0 Å². The largest absolute Gasteiger partial charge is 0.491 e. The third-order valence-electron chi connectivity index (χ3n) is 4.81. The molecule has 2 N–H and O–H groups in total. The van der Waals surface area contributed by atoms with Crippen molar-refractivity contribution in [3.63, 3.8) is 0 Å². The van der Waals surface area contributed by atoms with E-state index in [1.807, 2.05) is 30.3 Å². The number of urea groups is 1. The van der Waals surface area contributed by atoms with E-state index in [0.717, 1.165) is 35.9 Å². The van der Waals surface area contributed by atoms with Crippen molar-refractivity contribution in [2.75, 3.05) is 26.2 Å². The minimum Gasteiger partial charge on any atom is -0.491 e. The number of carbonyl (C=O) groups excluding carboxylic acids is 1. The maximum atomic E-state index is 12.3. The highest BCUT2D eigenvalue weighted by Crippen LogP contribution is 2.25. The highest BCUT2D eigenvalue weighted by Gasteiger charge is 2.26. The summed E-state index contributed by atoms with van der Waals surface area (Å²) in [5, 5.41) is 14.9. The third kappa shape index (κ3) is 4.42. The molecule has 25 heavy (non-hydrogen) atoms. The van der Waals surface area contributed by atoms with Crippen molar-refractivity contribution in [3.8, 4) is 5.75 Å². The van der Waals surface area contributed by atoms with Crippen LogP contribution < -0.4 is 10.1 Å². The second-order valence-electron chi connectivity index (χ2n) is 6.65. The maximum Gasteiger partial charge on any atom is 0.317 e. The van der Waals surface area contributed by atoms with E-state index >= 15 is 0 Å². The normalized spacial score (nSPS) is 18.8. The van der Waals surface area contributed by atoms with Gasteiger partial charge in [0.15, 0.2) is 0 Å². The molecule has 1 aliphatic heterocycles. The molecule has 2 atom stereocenters. The second kappa shape index (κ2) is 8.21. The van der Waals surface area contributed by atoms with Crippen molar-refractivity contribution >= 4 is 16.8 Å². The predicted octanol–water partition coefficient (Wildman–Crippen LogP) is 3.02. The molecule has 3 rings (SSSR count). The smallest absolute Gasteiger partial charge is 0.317 e. The first kappa shape index (κ1) is 17.5. The fourth-order valence-electron chi connectivity index (χ4n) is 3.34. The maximum absolute atomic E-state index is 12.3. The van der Waals surface area contributed by atoms with E-state index in [1.54, 1.807) is 11.8 Å². The summed E-state index contributed by atoms with van der Waals surface area (Å²) in [5.74, 6) is 1.01. The highest BCUT2D eigenvalue weighted by molar-refractivity contribution is 5.88. The Hall–Kier alpha value is -2.27. The number of aliphatic hydroxyl groups excluding tert-OH is 1. The van der Waals surface area contributed by atoms with Crippen LogP contribution in [0.5, 0.6) is 5.75 Å². The lowest BCUT2D eigenvalue weighted by Gasteiger charge is -2.34. The van der Waals surface area contributed by atoms with Gasteiger partial charge in [0.2, 0.25) is 0 Å². The minimum atomic E-state index is -0.370. The molecular weight excluding hydrogens is 316 g/mol. The van der Waals surface area contributed by atoms with Gasteiger partial charge in [-0.15, -0.1) is 0 Å². The number of benzene rings is 2. The van der Waals surface area contributed by atoms with Crippen LogP contribution in [-0.2, 0) is 0 Å². The van der Waals surface area contributed by atoms with Crippen LogP contribution in [0.2, 0.25) is 0 Å². The van der Waals surface area contributed by atoms with Crippen molar-refractivity contribution in [1.82, 2.24) is 10.2 Å². The van der Waals surface area contributed by atoms with Gasteiger partial charge in [-0.25, -0.2) is 4.79 Å². The molecule has 0 saturated carbocycles. The Morgan fingerprint density at radius 3 is 2.96 bits per heavy atom. The average molecular weight is 342 g/mol. The number of amides is 2. The molecule has 1 saturated heterocycles. The van der Waals surface area contributed by atoms with Gasteiger partial charge in [-0.1, -0.05) is 36.4 Å². The first-order chi connectivity index (χ1) is 12.1. The SMILES string of the molecule is CC(O)C1CCCN(C(=O)NCCOc2cccc3ccccc23)C1. The van der Waals surface area contributed by atoms with Crippen molar-refractivity contribution in [1.29, 1.82) is 0 Å². The number of fused-ring (bicyclic) bond motifs is 1. The molecule has 2 amide bonds. The zero-order chi connectivity index (χ0) is 17.6. The zero-order valence-electron chi connectivity index (χ0n) is 14.6. The lowest BCUT2D eigenvalue weighted by atomic mass is 9.94. The molecule has 2 aromatic carbocycles. The van der Waals surface area contributed by atoms with E-state index in [9.17, 15) is 9.90 Å². The van der Waals surface area contributed by atoms with Crippen molar-refractivity contribution < 1.29 is 14.6 Å². The molecule has 5 heteroatoms. The Morgan fingerprint density at radius 2 is 2.12 bits per heavy atom. The third-order valence-corrected chi connectivity index (χ3v) is 4.81. The van der Waals surface area contributed by atoms with Gasteiger partial charge in [0.05, 0.1) is 12.6 Å². The Labute approximate surface area is 148 Å². The van der Waals surface area contributed by atoms with E-state index in [4.69, 9.17) is 4.74 Å². The van der Waals surface area contributed by atoms with Crippen molar-refractivity contribution in [3.05, 3.63) is 42.5 Å². The van der Waals surface area contributed by atoms with Gasteiger partial charge in [0.25, 0.3) is 0 Å². The van der Waals surface area contributed by atoms with E-state index < -0.39 is 0 Å². The number of hydrogen-bond acceptors (Lipinski definition) is 3. The van der Waals surface area contributed by atoms with Crippen LogP contribution in [0.4, 0.5) is 4.79 Å². The number of carbonyl (C=O) groups is 1. The summed E-state index contributed by atoms with van der Waals surface area (Å²) in [5.41, 5.74) is 0. The predicted molar refractivity (Wildman–Crippen MR) is 98.8 cm³/mol. The van der Waals surface area contributed by atoms with E-state index in [0.29, 0.717) is 19.7 Å². The molecule has 0 radical (unpaired) electrons. The molecule has 1 fully saturated rings. The van der Waals surface area contributed by atoms with Gasteiger partial charge >= 0.3 is 6.03 Å². The van der Waals surface area contributed by atoms with Crippen LogP contribution in [0.1, 0.15) is 19.8 Å². The number of likely N-dealkylation sites (tertiary alicyclic amines) is 1. The molecule has 0 aliphatic carbocycles. The Morgan fingerprint density at radius 1 is 1.32 bits per heavy atom. The summed E-state index contributed by atoms with van der Waals surface area (Å²) in [6.07, 6.45) is 1.55. The lowest BCUT2D eigenvalue weighted by molar-refractivity contribution is 0.0737. The summed E-state index contributed by atoms with van der Waals surface area (Å²) < 4.78 is 5.84. The van der Waals surface area contributed by atoms with Crippen LogP contribution in [0, 0.1) is 5.92 Å². The zero-order valence-corrected chi connectivity index (χ0v) is 14.6. The Balaban J connectivity index is 1.47. The highest BCUT2D eigenvalue weighted by atomic mass is 16.5. The van der Waals surface area contributed by atoms with Gasteiger partial charge in [0, 0.05) is 24.4 Å². The topological polar surface area (TPSA) is 61.8 Å². The van der Waals surface area contributed by atoms with Crippen LogP contribution in [0.25, 0.3) is 10.8 Å². The lowest BCUT2D eigenvalue weighted by Crippen LogP contribution is -2.48. The van der Waals surface area contributed by atoms with Gasteiger partial charge in [-0.3, -0.25) is 0 Å². The number of ether oxygens (including phenoxy) is 1. The molecule has 0 bridgehead atoms. The molecule has 134 valence electrons. The second-order valence-corrected chi connectivity index (χ2v) is 6.65. The minimum absolute atomic E-state index is 0.0770. The number of aliphatic hydroxyl groups is 1. The van der Waals surface area contributed by atoms with E-state index in [-0.39, 0.29) is 18.1 Å². The first-order valence-corrected chi connectivity index (χ1v) is 8.96. The molecule has 5 nitrogen and oxygen atoms in total. The summed E-state index contributed by atoms with van der Waals surface area (Å²) in [4.78, 5) is 14.1. The van der Waals surface area contributed by atoms with Crippen molar-refractivity contribution in [2.24, 2.45) is 5.92 Å². The van der Waals surface area contributed by atoms with Gasteiger partial charge < -0.3 is 20.1 Å². The summed E-state index contributed by atoms with van der Waals surface area (Å²) >= 11 is 0. The number of nitrogens with one attached hydrogen (secondary N) is 1. The Bertz CT molecular complexity index is 712. The summed E-state index contributed by atoms with van der Waals surface area (Å²) in [6, 6.07) is 14.0. The molecule has 1 heterocycles. The van der Waals surface area contributed by atoms with Crippen LogP contribution in [0.15, 0.2) is 42.5 Å². The molecule has 0 spiro atoms.